The number of amides is 1. The van der Waals surface area contributed by atoms with Crippen LogP contribution in [0.2, 0.25) is 0 Å². The van der Waals surface area contributed by atoms with Crippen LogP contribution in [0.3, 0.4) is 0 Å². The largest absolute Gasteiger partial charge is 0.317 e. The van der Waals surface area contributed by atoms with E-state index in [-0.39, 0.29) is 17.4 Å². The van der Waals surface area contributed by atoms with Gasteiger partial charge in [-0.3, -0.25) is 14.6 Å². The number of nitrogens with one attached hydrogen (secondary N) is 1. The molecule has 5 heteroatoms. The molecule has 0 radical (unpaired) electrons. The second kappa shape index (κ2) is 6.51. The highest BCUT2D eigenvalue weighted by Gasteiger charge is 2.17. The van der Waals surface area contributed by atoms with E-state index in [0.29, 0.717) is 11.3 Å². The van der Waals surface area contributed by atoms with Crippen LogP contribution in [0.1, 0.15) is 41.4 Å². The summed E-state index contributed by atoms with van der Waals surface area (Å²) in [6, 6.07) is 11.2. The Bertz CT molecular complexity index is 1020. The highest BCUT2D eigenvalue weighted by atomic mass is 16.2. The monoisotopic (exact) mass is 335 g/mol. The Hall–Kier alpha value is -2.95. The van der Waals surface area contributed by atoms with Crippen LogP contribution in [0, 0.1) is 6.92 Å². The Labute approximate surface area is 146 Å². The van der Waals surface area contributed by atoms with E-state index in [9.17, 15) is 9.59 Å². The molecule has 1 N–H and O–H groups in total. The zero-order chi connectivity index (χ0) is 18.1. The van der Waals surface area contributed by atoms with Gasteiger partial charge in [0.25, 0.3) is 11.5 Å². The minimum Gasteiger partial charge on any atom is -0.317 e. The Balaban J connectivity index is 2.12. The zero-order valence-corrected chi connectivity index (χ0v) is 14.8. The average Bonchev–Trinajstić information content (AvgIpc) is 2.60. The lowest BCUT2D eigenvalue weighted by atomic mass is 10.0. The van der Waals surface area contributed by atoms with E-state index < -0.39 is 0 Å². The Kier molecular flexibility index (Phi) is 4.40. The van der Waals surface area contributed by atoms with Crippen molar-refractivity contribution in [3.63, 3.8) is 0 Å². The summed E-state index contributed by atoms with van der Waals surface area (Å²) < 4.78 is 1.45. The van der Waals surface area contributed by atoms with Gasteiger partial charge in [-0.25, -0.2) is 0 Å². The standard InChI is InChI=1S/C20H21N3O2/c1-12(2)17-11-15(14-7-5-6-8-16(14)21-17)19(24)22-18-13(3)9-10-23(4)20(18)25/h5-12H,1-4H3,(H,22,24). The minimum atomic E-state index is -0.299. The van der Waals surface area contributed by atoms with Crippen LogP contribution in [0.4, 0.5) is 5.69 Å². The van der Waals surface area contributed by atoms with Crippen LogP contribution in [0.25, 0.3) is 10.9 Å². The molecule has 0 aliphatic heterocycles. The SMILES string of the molecule is Cc1ccn(C)c(=O)c1NC(=O)c1cc(C(C)C)nc2ccccc12. The molecular formula is C20H21N3O2. The van der Waals surface area contributed by atoms with Crippen molar-refractivity contribution in [2.24, 2.45) is 7.05 Å². The maximum absolute atomic E-state index is 12.9. The van der Waals surface area contributed by atoms with Crippen LogP contribution in [-0.2, 0) is 7.05 Å². The van der Waals surface area contributed by atoms with Crippen LogP contribution in [0.15, 0.2) is 47.4 Å². The number of aromatic nitrogens is 2. The maximum Gasteiger partial charge on any atom is 0.274 e. The highest BCUT2D eigenvalue weighted by Crippen LogP contribution is 2.23. The van der Waals surface area contributed by atoms with Gasteiger partial charge in [0.05, 0.1) is 11.1 Å². The molecule has 0 fully saturated rings. The van der Waals surface area contributed by atoms with Gasteiger partial charge in [-0.15, -0.1) is 0 Å². The molecule has 1 aromatic carbocycles. The summed E-state index contributed by atoms with van der Waals surface area (Å²) in [4.78, 5) is 29.9. The van der Waals surface area contributed by atoms with Gasteiger partial charge in [-0.1, -0.05) is 32.0 Å². The Morgan fingerprint density at radius 2 is 1.92 bits per heavy atom. The van der Waals surface area contributed by atoms with Crippen LogP contribution >= 0.6 is 0 Å². The molecule has 0 atom stereocenters. The van der Waals surface area contributed by atoms with Crippen LogP contribution in [0.5, 0.6) is 0 Å². The zero-order valence-electron chi connectivity index (χ0n) is 14.8. The number of benzene rings is 1. The molecule has 3 rings (SSSR count). The predicted octanol–water partition coefficient (Wildman–Crippen LogP) is 3.62. The molecule has 128 valence electrons. The molecule has 2 aromatic heterocycles. The Morgan fingerprint density at radius 1 is 1.20 bits per heavy atom. The van der Waals surface area contributed by atoms with Gasteiger partial charge < -0.3 is 9.88 Å². The molecule has 1 amide bonds. The van der Waals surface area contributed by atoms with Crippen LogP contribution in [-0.4, -0.2) is 15.5 Å². The fourth-order valence-electron chi connectivity index (χ4n) is 2.73. The highest BCUT2D eigenvalue weighted by molar-refractivity contribution is 6.12. The molecule has 0 saturated heterocycles. The van der Waals surface area contributed by atoms with Gasteiger partial charge in [-0.05, 0) is 36.6 Å². The predicted molar refractivity (Wildman–Crippen MR) is 100 cm³/mol. The lowest BCUT2D eigenvalue weighted by molar-refractivity contribution is 0.102. The molecule has 0 bridgehead atoms. The normalized spacial score (nSPS) is 11.1. The van der Waals surface area contributed by atoms with Gasteiger partial charge in [0.15, 0.2) is 0 Å². The molecule has 25 heavy (non-hydrogen) atoms. The summed E-state index contributed by atoms with van der Waals surface area (Å²) in [5.74, 6) is -0.102. The lowest BCUT2D eigenvalue weighted by Crippen LogP contribution is -2.25. The molecule has 0 saturated carbocycles. The van der Waals surface area contributed by atoms with Crippen molar-refractivity contribution in [1.29, 1.82) is 0 Å². The van der Waals surface area contributed by atoms with Gasteiger partial charge in [0, 0.05) is 24.3 Å². The van der Waals surface area contributed by atoms with Gasteiger partial charge in [0.1, 0.15) is 5.69 Å². The van der Waals surface area contributed by atoms with E-state index >= 15 is 0 Å². The summed E-state index contributed by atoms with van der Waals surface area (Å²) in [6.07, 6.45) is 1.69. The number of carbonyl (C=O) groups excluding carboxylic acids is 1. The molecule has 2 heterocycles. The van der Waals surface area contributed by atoms with Crippen molar-refractivity contribution in [3.8, 4) is 0 Å². The first kappa shape index (κ1) is 16.9. The van der Waals surface area contributed by atoms with Crippen molar-refractivity contribution in [2.45, 2.75) is 26.7 Å². The van der Waals surface area contributed by atoms with E-state index in [1.165, 1.54) is 4.57 Å². The van der Waals surface area contributed by atoms with Crippen molar-refractivity contribution >= 4 is 22.5 Å². The smallest absolute Gasteiger partial charge is 0.274 e. The minimum absolute atomic E-state index is 0.197. The lowest BCUT2D eigenvalue weighted by Gasteiger charge is -2.13. The molecule has 0 unspecified atom stereocenters. The number of aryl methyl sites for hydroxylation is 2. The second-order valence-corrected chi connectivity index (χ2v) is 6.51. The van der Waals surface area contributed by atoms with E-state index in [1.807, 2.05) is 44.2 Å². The summed E-state index contributed by atoms with van der Waals surface area (Å²) in [6.45, 7) is 5.88. The maximum atomic E-state index is 12.9. The van der Waals surface area contributed by atoms with Crippen molar-refractivity contribution in [1.82, 2.24) is 9.55 Å². The molecular weight excluding hydrogens is 314 g/mol. The van der Waals surface area contributed by atoms with Crippen molar-refractivity contribution in [2.75, 3.05) is 5.32 Å². The molecule has 5 nitrogen and oxygen atoms in total. The van der Waals surface area contributed by atoms with E-state index in [2.05, 4.69) is 10.3 Å². The van der Waals surface area contributed by atoms with Crippen LogP contribution < -0.4 is 10.9 Å². The molecule has 0 aliphatic rings. The van der Waals surface area contributed by atoms with E-state index in [1.54, 1.807) is 26.2 Å². The number of fused-ring (bicyclic) bond motifs is 1. The summed E-state index contributed by atoms with van der Waals surface area (Å²) in [7, 11) is 1.66. The second-order valence-electron chi connectivity index (χ2n) is 6.51. The number of hydrogen-bond donors (Lipinski definition) is 1. The Morgan fingerprint density at radius 3 is 2.64 bits per heavy atom. The van der Waals surface area contributed by atoms with Crippen molar-refractivity contribution < 1.29 is 4.79 Å². The molecule has 0 spiro atoms. The number of para-hydroxylation sites is 1. The van der Waals surface area contributed by atoms with E-state index in [0.717, 1.165) is 22.2 Å². The third kappa shape index (κ3) is 3.18. The quantitative estimate of drug-likeness (QED) is 0.795. The number of rotatable bonds is 3. The van der Waals surface area contributed by atoms with Crippen molar-refractivity contribution in [3.05, 3.63) is 69.8 Å². The summed E-state index contributed by atoms with van der Waals surface area (Å²) in [5, 5.41) is 3.57. The molecule has 0 aliphatic carbocycles. The first-order chi connectivity index (χ1) is 11.9. The fraction of sp³-hybridized carbons (Fsp3) is 0.250. The summed E-state index contributed by atoms with van der Waals surface area (Å²) >= 11 is 0. The first-order valence-corrected chi connectivity index (χ1v) is 8.25. The summed E-state index contributed by atoms with van der Waals surface area (Å²) in [5.41, 5.74) is 2.97. The topological polar surface area (TPSA) is 64.0 Å². The third-order valence-electron chi connectivity index (χ3n) is 4.29. The number of pyridine rings is 2. The first-order valence-electron chi connectivity index (χ1n) is 8.25. The number of hydrogen-bond acceptors (Lipinski definition) is 3. The van der Waals surface area contributed by atoms with Gasteiger partial charge in [0.2, 0.25) is 0 Å². The number of carbonyl (C=O) groups is 1. The number of nitrogens with zero attached hydrogens (tertiary/aromatic N) is 2. The van der Waals surface area contributed by atoms with Gasteiger partial charge in [-0.2, -0.15) is 0 Å². The number of anilines is 1. The van der Waals surface area contributed by atoms with Gasteiger partial charge >= 0.3 is 0 Å². The molecule has 3 aromatic rings. The van der Waals surface area contributed by atoms with E-state index in [4.69, 9.17) is 0 Å². The fourth-order valence-corrected chi connectivity index (χ4v) is 2.73. The average molecular weight is 335 g/mol. The third-order valence-corrected chi connectivity index (χ3v) is 4.29.